The van der Waals surface area contributed by atoms with E-state index in [1.165, 1.54) is 12.8 Å². The summed E-state index contributed by atoms with van der Waals surface area (Å²) in [4.78, 5) is 37.8. The van der Waals surface area contributed by atoms with Crippen LogP contribution in [0.2, 0.25) is 0 Å². The summed E-state index contributed by atoms with van der Waals surface area (Å²) in [5.41, 5.74) is 0. The average Bonchev–Trinajstić information content (AvgIpc) is 3.39. The lowest BCUT2D eigenvalue weighted by atomic mass is 10.1. The van der Waals surface area contributed by atoms with Gasteiger partial charge in [0.25, 0.3) is 0 Å². The maximum absolute atomic E-state index is 12.8. The molecular formula is C67H104O6. The van der Waals surface area contributed by atoms with Crippen molar-refractivity contribution in [2.45, 2.75) is 232 Å². The van der Waals surface area contributed by atoms with E-state index in [4.69, 9.17) is 14.2 Å². The fraction of sp³-hybridized carbons (Fsp3) is 0.567. The predicted octanol–water partition coefficient (Wildman–Crippen LogP) is 19.8. The van der Waals surface area contributed by atoms with Crippen molar-refractivity contribution in [1.29, 1.82) is 0 Å². The summed E-state index contributed by atoms with van der Waals surface area (Å²) in [5.74, 6) is -0.975. The molecule has 0 aromatic rings. The number of rotatable bonds is 50. The van der Waals surface area contributed by atoms with Gasteiger partial charge in [0.2, 0.25) is 0 Å². The van der Waals surface area contributed by atoms with Gasteiger partial charge in [0, 0.05) is 19.3 Å². The first kappa shape index (κ1) is 68.0. The van der Waals surface area contributed by atoms with E-state index in [1.54, 1.807) is 0 Å². The molecule has 408 valence electrons. The zero-order chi connectivity index (χ0) is 52.9. The van der Waals surface area contributed by atoms with E-state index in [-0.39, 0.29) is 31.1 Å². The Balaban J connectivity index is 4.26. The molecule has 1 atom stereocenters. The van der Waals surface area contributed by atoms with Gasteiger partial charge in [-0.3, -0.25) is 14.4 Å². The number of hydrogen-bond donors (Lipinski definition) is 0. The van der Waals surface area contributed by atoms with Gasteiger partial charge in [0.05, 0.1) is 0 Å². The predicted molar refractivity (Wildman–Crippen MR) is 315 cm³/mol. The van der Waals surface area contributed by atoms with Crippen molar-refractivity contribution in [3.63, 3.8) is 0 Å². The second-order valence-corrected chi connectivity index (χ2v) is 18.4. The minimum Gasteiger partial charge on any atom is -0.462 e. The second-order valence-electron chi connectivity index (χ2n) is 18.4. The lowest BCUT2D eigenvalue weighted by molar-refractivity contribution is -0.167. The van der Waals surface area contributed by atoms with E-state index < -0.39 is 6.10 Å². The van der Waals surface area contributed by atoms with Crippen molar-refractivity contribution in [2.24, 2.45) is 0 Å². The maximum atomic E-state index is 12.8. The Morgan fingerprint density at radius 2 is 0.534 bits per heavy atom. The third-order valence-corrected chi connectivity index (χ3v) is 11.5. The number of carbonyl (C=O) groups excluding carboxylic acids is 3. The van der Waals surface area contributed by atoms with Crippen LogP contribution in [0.15, 0.2) is 158 Å². The van der Waals surface area contributed by atoms with Gasteiger partial charge >= 0.3 is 17.9 Å². The highest BCUT2D eigenvalue weighted by molar-refractivity contribution is 5.71. The van der Waals surface area contributed by atoms with E-state index >= 15 is 0 Å². The van der Waals surface area contributed by atoms with Crippen LogP contribution in [0.25, 0.3) is 0 Å². The summed E-state index contributed by atoms with van der Waals surface area (Å²) in [6.45, 7) is 6.26. The molecule has 0 amide bonds. The fourth-order valence-corrected chi connectivity index (χ4v) is 7.25. The smallest absolute Gasteiger partial charge is 0.306 e. The molecule has 0 heterocycles. The third kappa shape index (κ3) is 57.8. The van der Waals surface area contributed by atoms with Crippen LogP contribution in [0.4, 0.5) is 0 Å². The van der Waals surface area contributed by atoms with Gasteiger partial charge in [0.1, 0.15) is 13.2 Å². The highest BCUT2D eigenvalue weighted by atomic mass is 16.6. The molecule has 73 heavy (non-hydrogen) atoms. The van der Waals surface area contributed by atoms with Gasteiger partial charge in [0.15, 0.2) is 6.10 Å². The van der Waals surface area contributed by atoms with Crippen LogP contribution in [-0.2, 0) is 28.6 Å². The van der Waals surface area contributed by atoms with Crippen molar-refractivity contribution < 1.29 is 28.6 Å². The number of hydrogen-bond acceptors (Lipinski definition) is 6. The number of unbranched alkanes of at least 4 members (excludes halogenated alkanes) is 13. The fourth-order valence-electron chi connectivity index (χ4n) is 7.25. The second kappa shape index (κ2) is 59.6. The van der Waals surface area contributed by atoms with E-state index in [0.717, 1.165) is 173 Å². The Morgan fingerprint density at radius 3 is 0.849 bits per heavy atom. The van der Waals surface area contributed by atoms with Crippen LogP contribution in [0.1, 0.15) is 226 Å². The molecule has 0 aromatic heterocycles. The van der Waals surface area contributed by atoms with Gasteiger partial charge in [-0.25, -0.2) is 0 Å². The highest BCUT2D eigenvalue weighted by Crippen LogP contribution is 2.13. The molecule has 0 spiro atoms. The van der Waals surface area contributed by atoms with Gasteiger partial charge in [-0.2, -0.15) is 0 Å². The summed E-state index contributed by atoms with van der Waals surface area (Å²) >= 11 is 0. The SMILES string of the molecule is CC/C=C\C/C=C\C/C=C\C/C=C\C/C=C\C/C=C\C/C=C\CCCCCC(=O)OCC(COC(=O)CCCCCCC)OC(=O)CCCCCCCC/C=C\C/C=C\C/C=C\C/C=C\C/C=C\C/C=C\CC. The van der Waals surface area contributed by atoms with Crippen LogP contribution in [0.5, 0.6) is 0 Å². The van der Waals surface area contributed by atoms with Crippen LogP contribution >= 0.6 is 0 Å². The third-order valence-electron chi connectivity index (χ3n) is 11.5. The van der Waals surface area contributed by atoms with E-state index in [0.29, 0.717) is 19.3 Å². The van der Waals surface area contributed by atoms with Crippen LogP contribution < -0.4 is 0 Å². The summed E-state index contributed by atoms with van der Waals surface area (Å²) in [5, 5.41) is 0. The lowest BCUT2D eigenvalue weighted by Crippen LogP contribution is -2.30. The molecule has 0 bridgehead atoms. The normalized spacial score (nSPS) is 13.3. The Hall–Kier alpha value is -4.97. The van der Waals surface area contributed by atoms with Crippen molar-refractivity contribution in [1.82, 2.24) is 0 Å². The maximum Gasteiger partial charge on any atom is 0.306 e. The van der Waals surface area contributed by atoms with E-state index in [2.05, 4.69) is 179 Å². The molecule has 0 radical (unpaired) electrons. The van der Waals surface area contributed by atoms with Crippen molar-refractivity contribution in [3.8, 4) is 0 Å². The van der Waals surface area contributed by atoms with Gasteiger partial charge in [-0.05, 0) is 128 Å². The van der Waals surface area contributed by atoms with Crippen molar-refractivity contribution >= 4 is 17.9 Å². The summed E-state index contributed by atoms with van der Waals surface area (Å²) < 4.78 is 16.7. The molecule has 1 unspecified atom stereocenters. The quantitative estimate of drug-likeness (QED) is 0.0261. The number of allylic oxidation sites excluding steroid dienone is 26. The Morgan fingerprint density at radius 1 is 0.288 bits per heavy atom. The zero-order valence-corrected chi connectivity index (χ0v) is 46.6. The molecule has 0 saturated carbocycles. The summed E-state index contributed by atoms with van der Waals surface area (Å²) in [6.07, 6.45) is 87.0. The monoisotopic (exact) mass is 1000 g/mol. The molecular weight excluding hydrogens is 901 g/mol. The number of ether oxygens (including phenoxy) is 3. The van der Waals surface area contributed by atoms with Crippen LogP contribution in [0, 0.1) is 0 Å². The van der Waals surface area contributed by atoms with Gasteiger partial charge in [-0.1, -0.05) is 237 Å². The molecule has 0 aromatic carbocycles. The number of carbonyl (C=O) groups is 3. The summed E-state index contributed by atoms with van der Waals surface area (Å²) in [6, 6.07) is 0. The topological polar surface area (TPSA) is 78.9 Å². The van der Waals surface area contributed by atoms with Crippen LogP contribution in [0.3, 0.4) is 0 Å². The molecule has 0 rings (SSSR count). The van der Waals surface area contributed by atoms with Crippen LogP contribution in [-0.4, -0.2) is 37.2 Å². The molecule has 0 saturated heterocycles. The Labute approximate surface area is 448 Å². The van der Waals surface area contributed by atoms with E-state index in [9.17, 15) is 14.4 Å². The first-order valence-electron chi connectivity index (χ1n) is 29.0. The minimum atomic E-state index is -0.805. The molecule has 0 aliphatic rings. The lowest BCUT2D eigenvalue weighted by Gasteiger charge is -2.18. The van der Waals surface area contributed by atoms with Gasteiger partial charge in [-0.15, -0.1) is 0 Å². The number of esters is 3. The molecule has 0 N–H and O–H groups in total. The first-order valence-corrected chi connectivity index (χ1v) is 29.0. The highest BCUT2D eigenvalue weighted by Gasteiger charge is 2.19. The molecule has 0 fully saturated rings. The Bertz CT molecular complexity index is 1670. The van der Waals surface area contributed by atoms with Crippen molar-refractivity contribution in [3.05, 3.63) is 158 Å². The summed E-state index contributed by atoms with van der Waals surface area (Å²) in [7, 11) is 0. The average molecular weight is 1010 g/mol. The van der Waals surface area contributed by atoms with Gasteiger partial charge < -0.3 is 14.2 Å². The minimum absolute atomic E-state index is 0.103. The standard InChI is InChI=1S/C67H104O6/c1-4-7-10-13-15-17-19-21-23-25-27-29-31-33-35-37-39-41-43-45-47-49-51-54-57-60-66(69)72-63-64(62-71-65(68)59-56-53-12-9-6-3)73-67(70)61-58-55-52-50-48-46-44-42-40-38-36-34-32-30-28-26-24-22-20-18-16-14-11-8-5-2/h7-8,10-11,15-18,21-24,27-30,33-36,39-42,45,47,64H,4-6,9,12-14,19-20,25-26,31-32,37-38,43-44,46,48-63H2,1-3H3/b10-7-,11-8-,17-15-,18-16-,23-21-,24-22-,29-27-,30-28-,35-33-,36-34-,41-39-,42-40-,47-45-. The molecule has 6 nitrogen and oxygen atoms in total. The van der Waals surface area contributed by atoms with E-state index in [1.807, 2.05) is 0 Å². The zero-order valence-electron chi connectivity index (χ0n) is 46.6. The molecule has 0 aliphatic heterocycles. The van der Waals surface area contributed by atoms with Crippen molar-refractivity contribution in [2.75, 3.05) is 13.2 Å². The Kier molecular flexibility index (Phi) is 55.5. The molecule has 0 aliphatic carbocycles. The largest absolute Gasteiger partial charge is 0.462 e. The first-order chi connectivity index (χ1) is 36.0. The molecule has 6 heteroatoms.